The zero-order chi connectivity index (χ0) is 24.1. The number of nitrogens with two attached hydrogens (primary N) is 1. The van der Waals surface area contributed by atoms with E-state index in [1.54, 1.807) is 10.9 Å². The molecular weight excluding hydrogens is 460 g/mol. The minimum atomic E-state index is -0.961. The van der Waals surface area contributed by atoms with Crippen molar-refractivity contribution in [3.05, 3.63) is 47.5 Å². The normalized spacial score (nSPS) is 24.6. The number of imidazole rings is 1. The number of halogens is 1. The van der Waals surface area contributed by atoms with Gasteiger partial charge >= 0.3 is 0 Å². The predicted molar refractivity (Wildman–Crippen MR) is 127 cm³/mol. The minimum absolute atomic E-state index is 0.127. The third-order valence-electron chi connectivity index (χ3n) is 6.30. The van der Waals surface area contributed by atoms with Crippen LogP contribution >= 0.6 is 11.6 Å². The predicted octanol–water partition coefficient (Wildman–Crippen LogP) is 2.19. The molecule has 2 aliphatic rings. The standard InChI is InChI=1S/C15H21ClN6O2.C8H8O2/c16-15-20-13(19-7-3-1-2-4-7)10-14(21-15)22(6-18-10)9-5-8(17)11(23)12(9)24;9-7-10-6-8-4-2-1-3-5-8/h6-9,11-12,23-24H,1-5,17H2,(H,19,20,21);1-5,7H,6H2. The van der Waals surface area contributed by atoms with Gasteiger partial charge in [0.2, 0.25) is 5.28 Å². The number of fused-ring (bicyclic) bond motifs is 1. The molecule has 10 nitrogen and oxygen atoms in total. The van der Waals surface area contributed by atoms with E-state index < -0.39 is 18.2 Å². The first-order chi connectivity index (χ1) is 16.5. The molecule has 2 aliphatic carbocycles. The summed E-state index contributed by atoms with van der Waals surface area (Å²) in [4.78, 5) is 22.7. The molecule has 4 atom stereocenters. The summed E-state index contributed by atoms with van der Waals surface area (Å²) in [7, 11) is 0. The fourth-order valence-corrected chi connectivity index (χ4v) is 4.68. The number of hydrogen-bond acceptors (Lipinski definition) is 9. The summed E-state index contributed by atoms with van der Waals surface area (Å²) in [6.45, 7) is 0.817. The Labute approximate surface area is 202 Å². The van der Waals surface area contributed by atoms with Crippen LogP contribution in [0.4, 0.5) is 5.82 Å². The summed E-state index contributed by atoms with van der Waals surface area (Å²) in [5.74, 6) is 0.619. The van der Waals surface area contributed by atoms with E-state index in [2.05, 4.69) is 25.0 Å². The van der Waals surface area contributed by atoms with E-state index in [0.29, 0.717) is 42.5 Å². The maximum Gasteiger partial charge on any atom is 0.293 e. The van der Waals surface area contributed by atoms with Gasteiger partial charge in [0.05, 0.1) is 18.5 Å². The molecule has 4 unspecified atom stereocenters. The van der Waals surface area contributed by atoms with E-state index in [1.165, 1.54) is 12.8 Å². The molecule has 0 radical (unpaired) electrons. The molecule has 1 aromatic carbocycles. The number of ether oxygens (including phenoxy) is 1. The molecule has 0 spiro atoms. The number of hydrogen-bond donors (Lipinski definition) is 4. The molecular formula is C23H29ClN6O4. The Hall–Kier alpha value is -2.79. The van der Waals surface area contributed by atoms with Crippen molar-refractivity contribution >= 4 is 35.1 Å². The van der Waals surface area contributed by atoms with Crippen LogP contribution in [-0.4, -0.2) is 60.5 Å². The van der Waals surface area contributed by atoms with Crippen molar-refractivity contribution < 1.29 is 19.7 Å². The van der Waals surface area contributed by atoms with Crippen LogP contribution in [0.15, 0.2) is 36.7 Å². The molecule has 5 rings (SSSR count). The maximum atomic E-state index is 10.3. The number of anilines is 1. The van der Waals surface area contributed by atoms with Crippen LogP contribution in [0.3, 0.4) is 0 Å². The van der Waals surface area contributed by atoms with Gasteiger partial charge in [-0.25, -0.2) is 4.98 Å². The van der Waals surface area contributed by atoms with Crippen LogP contribution in [0.2, 0.25) is 5.28 Å². The molecule has 182 valence electrons. The van der Waals surface area contributed by atoms with Gasteiger partial charge in [0.15, 0.2) is 17.0 Å². The summed E-state index contributed by atoms with van der Waals surface area (Å²) in [5.41, 5.74) is 8.03. The van der Waals surface area contributed by atoms with Gasteiger partial charge in [-0.15, -0.1) is 0 Å². The molecule has 2 heterocycles. The van der Waals surface area contributed by atoms with Crippen LogP contribution in [-0.2, 0) is 16.1 Å². The Morgan fingerprint density at radius 2 is 1.91 bits per heavy atom. The quantitative estimate of drug-likeness (QED) is 0.302. The van der Waals surface area contributed by atoms with E-state index in [9.17, 15) is 15.0 Å². The largest absolute Gasteiger partial charge is 0.463 e. The summed E-state index contributed by atoms with van der Waals surface area (Å²) in [5, 5.41) is 23.7. The van der Waals surface area contributed by atoms with Crippen molar-refractivity contribution in [3.63, 3.8) is 0 Å². The van der Waals surface area contributed by atoms with Gasteiger partial charge in [-0.2, -0.15) is 9.97 Å². The van der Waals surface area contributed by atoms with E-state index >= 15 is 0 Å². The van der Waals surface area contributed by atoms with Crippen LogP contribution < -0.4 is 11.1 Å². The molecule has 0 aliphatic heterocycles. The third kappa shape index (κ3) is 5.47. The van der Waals surface area contributed by atoms with Crippen molar-refractivity contribution in [2.75, 3.05) is 5.32 Å². The molecule has 2 fully saturated rings. The second-order valence-corrected chi connectivity index (χ2v) is 8.97. The number of carbonyl (C=O) groups excluding carboxylic acids is 1. The maximum absolute atomic E-state index is 10.3. The van der Waals surface area contributed by atoms with Crippen molar-refractivity contribution in [3.8, 4) is 0 Å². The van der Waals surface area contributed by atoms with Crippen molar-refractivity contribution in [2.45, 2.75) is 69.0 Å². The van der Waals surface area contributed by atoms with Crippen LogP contribution in [0.5, 0.6) is 0 Å². The van der Waals surface area contributed by atoms with E-state index in [0.717, 1.165) is 18.4 Å². The number of carbonyl (C=O) groups is 1. The van der Waals surface area contributed by atoms with Gasteiger partial charge in [0.25, 0.3) is 6.47 Å². The molecule has 3 aromatic rings. The van der Waals surface area contributed by atoms with Gasteiger partial charge < -0.3 is 30.6 Å². The third-order valence-corrected chi connectivity index (χ3v) is 6.47. The molecule has 34 heavy (non-hydrogen) atoms. The lowest BCUT2D eigenvalue weighted by atomic mass is 10.2. The first-order valence-corrected chi connectivity index (χ1v) is 11.7. The van der Waals surface area contributed by atoms with Crippen molar-refractivity contribution in [2.24, 2.45) is 5.73 Å². The molecule has 11 heteroatoms. The smallest absolute Gasteiger partial charge is 0.293 e. The first-order valence-electron chi connectivity index (χ1n) is 11.4. The summed E-state index contributed by atoms with van der Waals surface area (Å²) >= 11 is 6.10. The van der Waals surface area contributed by atoms with Gasteiger partial charge in [-0.1, -0.05) is 43.2 Å². The second kappa shape index (κ2) is 11.1. The van der Waals surface area contributed by atoms with Crippen LogP contribution in [0.25, 0.3) is 11.2 Å². The highest BCUT2D eigenvalue weighted by molar-refractivity contribution is 6.28. The number of nitrogens with one attached hydrogen (secondary N) is 1. The Morgan fingerprint density at radius 1 is 1.18 bits per heavy atom. The van der Waals surface area contributed by atoms with Crippen LogP contribution in [0.1, 0.15) is 43.7 Å². The number of aliphatic hydroxyl groups is 2. The number of aliphatic hydroxyl groups excluding tert-OH is 2. The SMILES string of the molecule is NC1CC(n2cnc3c(NC4CCCC4)nc(Cl)nc32)C(O)C1O.O=COCc1ccccc1. The topological polar surface area (TPSA) is 148 Å². The fraction of sp³-hybridized carbons (Fsp3) is 0.478. The lowest BCUT2D eigenvalue weighted by Crippen LogP contribution is -2.35. The zero-order valence-corrected chi connectivity index (χ0v) is 19.4. The number of nitrogens with zero attached hydrogens (tertiary/aromatic N) is 4. The Kier molecular flexibility index (Phi) is 7.94. The van der Waals surface area contributed by atoms with E-state index in [4.69, 9.17) is 17.3 Å². The molecule has 0 amide bonds. The highest BCUT2D eigenvalue weighted by Crippen LogP contribution is 2.34. The monoisotopic (exact) mass is 488 g/mol. The van der Waals surface area contributed by atoms with Crippen molar-refractivity contribution in [1.29, 1.82) is 0 Å². The number of aromatic nitrogens is 4. The van der Waals surface area contributed by atoms with Gasteiger partial charge in [0.1, 0.15) is 12.7 Å². The summed E-state index contributed by atoms with van der Waals surface area (Å²) in [6, 6.07) is 9.06. The number of rotatable bonds is 6. The average Bonchev–Trinajstić information content (AvgIpc) is 3.56. The van der Waals surface area contributed by atoms with Crippen LogP contribution in [0, 0.1) is 0 Å². The zero-order valence-electron chi connectivity index (χ0n) is 18.6. The minimum Gasteiger partial charge on any atom is -0.463 e. The lowest BCUT2D eigenvalue weighted by Gasteiger charge is -2.18. The molecule has 2 aromatic heterocycles. The summed E-state index contributed by atoms with van der Waals surface area (Å²) < 4.78 is 6.28. The molecule has 5 N–H and O–H groups in total. The fourth-order valence-electron chi connectivity index (χ4n) is 4.52. The number of benzene rings is 1. The molecule has 0 saturated heterocycles. The van der Waals surface area contributed by atoms with Crippen molar-refractivity contribution in [1.82, 2.24) is 19.5 Å². The molecule has 2 saturated carbocycles. The van der Waals surface area contributed by atoms with E-state index in [1.807, 2.05) is 30.3 Å². The first kappa shape index (κ1) is 24.3. The van der Waals surface area contributed by atoms with E-state index in [-0.39, 0.29) is 11.3 Å². The molecule has 0 bridgehead atoms. The Bertz CT molecular complexity index is 1090. The Balaban J connectivity index is 0.000000231. The second-order valence-electron chi connectivity index (χ2n) is 8.63. The lowest BCUT2D eigenvalue weighted by molar-refractivity contribution is -0.129. The summed E-state index contributed by atoms with van der Waals surface area (Å²) in [6.07, 6.45) is 4.75. The highest BCUT2D eigenvalue weighted by atomic mass is 35.5. The van der Waals surface area contributed by atoms with Gasteiger partial charge in [0, 0.05) is 12.1 Å². The van der Waals surface area contributed by atoms with Gasteiger partial charge in [-0.3, -0.25) is 4.79 Å². The average molecular weight is 489 g/mol. The highest BCUT2D eigenvalue weighted by Gasteiger charge is 2.41. The van der Waals surface area contributed by atoms with Gasteiger partial charge in [-0.05, 0) is 36.4 Å². The Morgan fingerprint density at radius 3 is 2.56 bits per heavy atom.